The van der Waals surface area contributed by atoms with Crippen LogP contribution >= 0.6 is 11.6 Å². The van der Waals surface area contributed by atoms with E-state index < -0.39 is 18.2 Å². The van der Waals surface area contributed by atoms with Crippen LogP contribution in [0.25, 0.3) is 0 Å². The van der Waals surface area contributed by atoms with E-state index in [0.29, 0.717) is 0 Å². The van der Waals surface area contributed by atoms with Crippen molar-refractivity contribution in [2.75, 3.05) is 14.2 Å². The van der Waals surface area contributed by atoms with Gasteiger partial charge in [-0.3, -0.25) is 4.79 Å². The summed E-state index contributed by atoms with van der Waals surface area (Å²) in [4.78, 5) is 14.7. The van der Waals surface area contributed by atoms with Gasteiger partial charge in [-0.1, -0.05) is 0 Å². The third kappa shape index (κ3) is 4.44. The second-order valence-corrected chi connectivity index (χ2v) is 3.81. The van der Waals surface area contributed by atoms with E-state index in [1.165, 1.54) is 6.07 Å². The normalized spacial score (nSPS) is 11.1. The van der Waals surface area contributed by atoms with Crippen LogP contribution < -0.4 is 9.47 Å². The monoisotopic (exact) mass is 313 g/mol. The molecule has 0 fully saturated rings. The summed E-state index contributed by atoms with van der Waals surface area (Å²) in [5.41, 5.74) is 0.259. The second-order valence-electron chi connectivity index (χ2n) is 3.55. The minimum atomic E-state index is -4.94. The van der Waals surface area contributed by atoms with Gasteiger partial charge >= 0.3 is 12.3 Å². The number of carbonyl (C=O) groups is 1. The Kier molecular flexibility index (Phi) is 5.43. The van der Waals surface area contributed by atoms with Crippen molar-refractivity contribution in [1.29, 1.82) is 0 Å². The van der Waals surface area contributed by atoms with E-state index in [4.69, 9.17) is 16.3 Å². The third-order valence-corrected chi connectivity index (χ3v) is 2.47. The molecular weight excluding hydrogens is 303 g/mol. The van der Waals surface area contributed by atoms with E-state index in [-0.39, 0.29) is 29.3 Å². The van der Waals surface area contributed by atoms with Crippen molar-refractivity contribution in [2.24, 2.45) is 0 Å². The molecule has 5 nitrogen and oxygen atoms in total. The van der Waals surface area contributed by atoms with E-state index in [0.717, 1.165) is 14.2 Å². The Hall–Kier alpha value is -1.70. The number of aromatic nitrogens is 1. The number of alkyl halides is 4. The number of ether oxygens (including phenoxy) is 3. The molecule has 0 aliphatic heterocycles. The average Bonchev–Trinajstić information content (AvgIpc) is 2.36. The predicted octanol–water partition coefficient (Wildman–Crippen LogP) is 2.44. The fourth-order valence-electron chi connectivity index (χ4n) is 1.42. The molecular formula is C11H11ClF3NO4. The molecule has 0 saturated carbocycles. The third-order valence-electron chi connectivity index (χ3n) is 2.19. The first-order valence-electron chi connectivity index (χ1n) is 5.26. The molecule has 9 heteroatoms. The van der Waals surface area contributed by atoms with Gasteiger partial charge in [-0.15, -0.1) is 24.8 Å². The Labute approximate surface area is 117 Å². The van der Waals surface area contributed by atoms with Gasteiger partial charge in [0, 0.05) is 5.56 Å². The molecule has 112 valence electrons. The molecule has 1 rings (SSSR count). The number of pyridine rings is 1. The molecule has 20 heavy (non-hydrogen) atoms. The summed E-state index contributed by atoms with van der Waals surface area (Å²) in [6, 6.07) is 1.35. The largest absolute Gasteiger partial charge is 0.574 e. The molecule has 1 heterocycles. The first-order valence-corrected chi connectivity index (χ1v) is 5.79. The summed E-state index contributed by atoms with van der Waals surface area (Å²) in [6.45, 7) is 0. The van der Waals surface area contributed by atoms with E-state index in [1.807, 2.05) is 0 Å². The SMILES string of the molecule is COC(=O)Cc1cc(CCl)c(OC)c(OC(F)(F)F)n1. The number of esters is 1. The Balaban J connectivity index is 3.23. The maximum atomic E-state index is 12.3. The van der Waals surface area contributed by atoms with Crippen molar-refractivity contribution in [3.8, 4) is 11.6 Å². The summed E-state index contributed by atoms with van der Waals surface area (Å²) in [5, 5.41) is 0. The molecule has 0 N–H and O–H groups in total. The zero-order valence-electron chi connectivity index (χ0n) is 10.6. The lowest BCUT2D eigenvalue weighted by Crippen LogP contribution is -2.19. The fourth-order valence-corrected chi connectivity index (χ4v) is 1.62. The maximum absolute atomic E-state index is 12.3. The van der Waals surface area contributed by atoms with E-state index >= 15 is 0 Å². The first-order chi connectivity index (χ1) is 9.30. The molecule has 0 radical (unpaired) electrons. The van der Waals surface area contributed by atoms with Gasteiger partial charge in [-0.2, -0.15) is 0 Å². The number of hydrogen-bond donors (Lipinski definition) is 0. The highest BCUT2D eigenvalue weighted by Crippen LogP contribution is 2.34. The van der Waals surface area contributed by atoms with Crippen LogP contribution in [0.3, 0.4) is 0 Å². The van der Waals surface area contributed by atoms with Crippen LogP contribution in [0, 0.1) is 0 Å². The van der Waals surface area contributed by atoms with Crippen LogP contribution in [0.15, 0.2) is 6.07 Å². The predicted molar refractivity (Wildman–Crippen MR) is 62.7 cm³/mol. The van der Waals surface area contributed by atoms with Gasteiger partial charge in [-0.25, -0.2) is 4.98 Å². The van der Waals surface area contributed by atoms with Crippen molar-refractivity contribution in [2.45, 2.75) is 18.7 Å². The Bertz CT molecular complexity index is 493. The summed E-state index contributed by atoms with van der Waals surface area (Å²) in [6.07, 6.45) is -5.24. The number of halogens is 4. The minimum Gasteiger partial charge on any atom is -0.491 e. The molecule has 0 atom stereocenters. The van der Waals surface area contributed by atoms with Crippen LogP contribution in [0.4, 0.5) is 13.2 Å². The smallest absolute Gasteiger partial charge is 0.491 e. The highest BCUT2D eigenvalue weighted by atomic mass is 35.5. The molecule has 0 saturated heterocycles. The van der Waals surface area contributed by atoms with E-state index in [9.17, 15) is 18.0 Å². The molecule has 0 aliphatic rings. The number of hydrogen-bond acceptors (Lipinski definition) is 5. The van der Waals surface area contributed by atoms with Crippen LogP contribution in [-0.2, 0) is 21.8 Å². The lowest BCUT2D eigenvalue weighted by Gasteiger charge is -2.15. The van der Waals surface area contributed by atoms with Gasteiger partial charge < -0.3 is 14.2 Å². The van der Waals surface area contributed by atoms with Gasteiger partial charge in [-0.05, 0) is 6.07 Å². The lowest BCUT2D eigenvalue weighted by atomic mass is 10.2. The number of carbonyl (C=O) groups excluding carboxylic acids is 1. The number of nitrogens with zero attached hydrogens (tertiary/aromatic N) is 1. The molecule has 0 aromatic carbocycles. The maximum Gasteiger partial charge on any atom is 0.574 e. The van der Waals surface area contributed by atoms with Crippen molar-refractivity contribution < 1.29 is 32.2 Å². The second kappa shape index (κ2) is 6.65. The Morgan fingerprint density at radius 1 is 1.40 bits per heavy atom. The molecule has 1 aromatic heterocycles. The van der Waals surface area contributed by atoms with Crippen LogP contribution in [-0.4, -0.2) is 31.5 Å². The van der Waals surface area contributed by atoms with Crippen molar-refractivity contribution in [1.82, 2.24) is 4.98 Å². The standard InChI is InChI=1S/C11H11ClF3NO4/c1-18-8(17)4-7-3-6(5-12)9(19-2)10(16-7)20-11(13,14)15/h3H,4-5H2,1-2H3. The summed E-state index contributed by atoms with van der Waals surface area (Å²) in [5.74, 6) is -1.81. The molecule has 0 amide bonds. The molecule has 0 spiro atoms. The van der Waals surface area contributed by atoms with Crippen LogP contribution in [0.2, 0.25) is 0 Å². The molecule has 1 aromatic rings. The quantitative estimate of drug-likeness (QED) is 0.617. The van der Waals surface area contributed by atoms with Gasteiger partial charge in [0.05, 0.1) is 32.2 Å². The van der Waals surface area contributed by atoms with Crippen molar-refractivity contribution >= 4 is 17.6 Å². The van der Waals surface area contributed by atoms with Gasteiger partial charge in [0.15, 0.2) is 5.75 Å². The Morgan fingerprint density at radius 3 is 2.50 bits per heavy atom. The van der Waals surface area contributed by atoms with Crippen LogP contribution in [0.1, 0.15) is 11.3 Å². The van der Waals surface area contributed by atoms with Crippen LogP contribution in [0.5, 0.6) is 11.6 Å². The van der Waals surface area contributed by atoms with Crippen molar-refractivity contribution in [3.05, 3.63) is 17.3 Å². The summed E-state index contributed by atoms with van der Waals surface area (Å²) < 4.78 is 49.9. The number of rotatable bonds is 5. The topological polar surface area (TPSA) is 57.7 Å². The molecule has 0 bridgehead atoms. The molecule has 0 unspecified atom stereocenters. The van der Waals surface area contributed by atoms with Crippen molar-refractivity contribution in [3.63, 3.8) is 0 Å². The first kappa shape index (κ1) is 16.4. The Morgan fingerprint density at radius 2 is 2.05 bits per heavy atom. The molecule has 0 aliphatic carbocycles. The zero-order valence-corrected chi connectivity index (χ0v) is 11.3. The number of methoxy groups -OCH3 is 2. The van der Waals surface area contributed by atoms with Gasteiger partial charge in [0.1, 0.15) is 0 Å². The summed E-state index contributed by atoms with van der Waals surface area (Å²) in [7, 11) is 2.32. The van der Waals surface area contributed by atoms with E-state index in [2.05, 4.69) is 14.5 Å². The fraction of sp³-hybridized carbons (Fsp3) is 0.455. The minimum absolute atomic E-state index is 0.0348. The average molecular weight is 314 g/mol. The highest BCUT2D eigenvalue weighted by Gasteiger charge is 2.34. The van der Waals surface area contributed by atoms with Gasteiger partial charge in [0.2, 0.25) is 0 Å². The van der Waals surface area contributed by atoms with Gasteiger partial charge in [0.25, 0.3) is 5.88 Å². The lowest BCUT2D eigenvalue weighted by molar-refractivity contribution is -0.276. The zero-order chi connectivity index (χ0) is 15.3. The highest BCUT2D eigenvalue weighted by molar-refractivity contribution is 6.17. The summed E-state index contributed by atoms with van der Waals surface area (Å²) >= 11 is 5.64. The van der Waals surface area contributed by atoms with E-state index in [1.54, 1.807) is 0 Å².